The van der Waals surface area contributed by atoms with Gasteiger partial charge in [0.2, 0.25) is 0 Å². The quantitative estimate of drug-likeness (QED) is 0.779. The number of hydrogen-bond acceptors (Lipinski definition) is 4. The van der Waals surface area contributed by atoms with Crippen LogP contribution < -0.4 is 21.2 Å². The molecule has 0 spiro atoms. The number of nitrogens with two attached hydrogens (primary N) is 2. The van der Waals surface area contributed by atoms with Gasteiger partial charge in [-0.1, -0.05) is 11.6 Å². The molecule has 1 saturated carbocycles. The largest absolute Gasteiger partial charge is 0.489 e. The summed E-state index contributed by atoms with van der Waals surface area (Å²) in [6.45, 7) is 0. The molecule has 1 heterocycles. The third-order valence-electron chi connectivity index (χ3n) is 4.15. The van der Waals surface area contributed by atoms with Gasteiger partial charge in [-0.05, 0) is 37.8 Å². The molecule has 124 valence electrons. The van der Waals surface area contributed by atoms with Crippen LogP contribution in [0.2, 0.25) is 5.02 Å². The Kier molecular flexibility index (Phi) is 4.72. The maximum Gasteiger partial charge on any atom is 0.255 e. The molecule has 0 saturated heterocycles. The van der Waals surface area contributed by atoms with Gasteiger partial charge in [0.05, 0.1) is 16.0 Å². The second kappa shape index (κ2) is 6.60. The zero-order valence-electron chi connectivity index (χ0n) is 12.4. The lowest BCUT2D eigenvalue weighted by atomic mass is 9.94. The van der Waals surface area contributed by atoms with Gasteiger partial charge in [0, 0.05) is 23.0 Å². The number of rotatable bonds is 3. The number of nitrogens with one attached hydrogen (secondary N) is 1. The van der Waals surface area contributed by atoms with Crippen LogP contribution in [0.1, 0.15) is 25.7 Å². The summed E-state index contributed by atoms with van der Waals surface area (Å²) < 4.78 is 17.8. The topological polar surface area (TPSA) is 111 Å². The van der Waals surface area contributed by atoms with E-state index in [-0.39, 0.29) is 17.7 Å². The number of halogens is 1. The summed E-state index contributed by atoms with van der Waals surface area (Å²) in [6, 6.07) is 3.34. The molecule has 1 fully saturated rings. The van der Waals surface area contributed by atoms with Gasteiger partial charge in [0.15, 0.2) is 0 Å². The molecular weight excluding hydrogens is 338 g/mol. The fourth-order valence-corrected chi connectivity index (χ4v) is 3.62. The average Bonchev–Trinajstić information content (AvgIpc) is 2.53. The smallest absolute Gasteiger partial charge is 0.255 e. The number of ether oxygens (including phenoxy) is 1. The molecule has 1 unspecified atom stereocenters. The fraction of sp³-hybridized carbons (Fsp3) is 0.400. The normalized spacial score (nSPS) is 22.9. The highest BCUT2D eigenvalue weighted by Gasteiger charge is 2.22. The van der Waals surface area contributed by atoms with Crippen LogP contribution in [0, 0.1) is 0 Å². The molecule has 1 aromatic carbocycles. The minimum absolute atomic E-state index is 0.00433. The molecule has 3 rings (SSSR count). The average molecular weight is 356 g/mol. The number of H-pyrrole nitrogens is 1. The van der Waals surface area contributed by atoms with E-state index in [1.807, 2.05) is 0 Å². The monoisotopic (exact) mass is 355 g/mol. The van der Waals surface area contributed by atoms with Crippen molar-refractivity contribution in [1.82, 2.24) is 4.98 Å². The van der Waals surface area contributed by atoms with Crippen molar-refractivity contribution in [2.24, 2.45) is 10.9 Å². The molecule has 1 aromatic heterocycles. The lowest BCUT2D eigenvalue weighted by molar-refractivity contribution is 0.143. The second-order valence-electron chi connectivity index (χ2n) is 5.76. The van der Waals surface area contributed by atoms with Crippen LogP contribution in [0.4, 0.5) is 0 Å². The van der Waals surface area contributed by atoms with E-state index in [0.717, 1.165) is 25.7 Å². The van der Waals surface area contributed by atoms with Crippen LogP contribution in [-0.4, -0.2) is 21.3 Å². The van der Waals surface area contributed by atoms with E-state index in [1.165, 1.54) is 12.3 Å². The van der Waals surface area contributed by atoms with Crippen molar-refractivity contribution in [3.05, 3.63) is 33.7 Å². The molecule has 0 aliphatic heterocycles. The molecule has 8 heteroatoms. The van der Waals surface area contributed by atoms with E-state index in [0.29, 0.717) is 26.4 Å². The molecule has 5 N–H and O–H groups in total. The Hall–Kier alpha value is -1.41. The number of fused-ring (bicyclic) bond motifs is 1. The maximum atomic E-state index is 11.9. The highest BCUT2D eigenvalue weighted by molar-refractivity contribution is 7.82. The fourth-order valence-electron chi connectivity index (χ4n) is 2.87. The summed E-state index contributed by atoms with van der Waals surface area (Å²) >= 11 is 6.15. The van der Waals surface area contributed by atoms with Gasteiger partial charge >= 0.3 is 0 Å². The zero-order chi connectivity index (χ0) is 16.6. The minimum atomic E-state index is -1.77. The van der Waals surface area contributed by atoms with Gasteiger partial charge in [0.1, 0.15) is 16.7 Å². The van der Waals surface area contributed by atoms with Gasteiger partial charge in [-0.2, -0.15) is 0 Å². The first kappa shape index (κ1) is 16.4. The van der Waals surface area contributed by atoms with Crippen LogP contribution in [0.15, 0.2) is 28.0 Å². The number of benzene rings is 1. The molecule has 0 amide bonds. The van der Waals surface area contributed by atoms with Gasteiger partial charge < -0.3 is 15.5 Å². The summed E-state index contributed by atoms with van der Waals surface area (Å²) in [7, 11) is -1.77. The van der Waals surface area contributed by atoms with Crippen molar-refractivity contribution >= 4 is 33.4 Å². The lowest BCUT2D eigenvalue weighted by Crippen LogP contribution is -2.32. The Morgan fingerprint density at radius 3 is 2.57 bits per heavy atom. The Morgan fingerprint density at radius 1 is 1.22 bits per heavy atom. The molecular formula is C15H18ClN3O3S. The number of aromatic amines is 1. The summed E-state index contributed by atoms with van der Waals surface area (Å²) in [5, 5.41) is 6.83. The van der Waals surface area contributed by atoms with E-state index in [1.54, 1.807) is 6.07 Å². The van der Waals surface area contributed by atoms with E-state index >= 15 is 0 Å². The van der Waals surface area contributed by atoms with E-state index in [9.17, 15) is 9.00 Å². The van der Waals surface area contributed by atoms with Gasteiger partial charge in [-0.25, -0.2) is 9.35 Å². The predicted octanol–water partition coefficient (Wildman–Crippen LogP) is 1.81. The van der Waals surface area contributed by atoms with Crippen molar-refractivity contribution in [3.63, 3.8) is 0 Å². The summed E-state index contributed by atoms with van der Waals surface area (Å²) in [5.74, 6) is 0.409. The van der Waals surface area contributed by atoms with Gasteiger partial charge in [-0.15, -0.1) is 0 Å². The standard InChI is InChI=1S/C15H18ClN3O3S/c16-12-7-19-15(20)11-6-14(23(18)21)13(5-10(11)12)22-9-3-1-8(17)2-4-9/h5-9H,1-4,17-18H2,(H,19,20). The first-order valence-electron chi connectivity index (χ1n) is 7.39. The van der Waals surface area contributed by atoms with Gasteiger partial charge in [-0.3, -0.25) is 4.79 Å². The van der Waals surface area contributed by atoms with Crippen molar-refractivity contribution in [3.8, 4) is 5.75 Å². The Bertz CT molecular complexity index is 815. The summed E-state index contributed by atoms with van der Waals surface area (Å²) in [4.78, 5) is 14.8. The third-order valence-corrected chi connectivity index (χ3v) is 5.21. The third kappa shape index (κ3) is 3.42. The van der Waals surface area contributed by atoms with Crippen molar-refractivity contribution in [2.75, 3.05) is 0 Å². The second-order valence-corrected chi connectivity index (χ2v) is 7.20. The molecule has 6 nitrogen and oxygen atoms in total. The molecule has 1 atom stereocenters. The minimum Gasteiger partial charge on any atom is -0.489 e. The zero-order valence-corrected chi connectivity index (χ0v) is 14.0. The van der Waals surface area contributed by atoms with Crippen LogP contribution in [-0.2, 0) is 11.0 Å². The van der Waals surface area contributed by atoms with Crippen LogP contribution in [0.3, 0.4) is 0 Å². The number of hydrogen-bond donors (Lipinski definition) is 3. The predicted molar refractivity (Wildman–Crippen MR) is 91.0 cm³/mol. The first-order chi connectivity index (χ1) is 11.0. The molecule has 0 radical (unpaired) electrons. The van der Waals surface area contributed by atoms with Crippen LogP contribution in [0.25, 0.3) is 10.8 Å². The van der Waals surface area contributed by atoms with Gasteiger partial charge in [0.25, 0.3) is 5.56 Å². The number of pyridine rings is 1. The first-order valence-corrected chi connectivity index (χ1v) is 8.98. The maximum absolute atomic E-state index is 11.9. The van der Waals surface area contributed by atoms with Crippen molar-refractivity contribution in [1.29, 1.82) is 0 Å². The lowest BCUT2D eigenvalue weighted by Gasteiger charge is -2.27. The Labute approximate surface area is 140 Å². The molecule has 1 aliphatic rings. The van der Waals surface area contributed by atoms with E-state index in [4.69, 9.17) is 27.2 Å². The highest BCUT2D eigenvalue weighted by Crippen LogP contribution is 2.32. The highest BCUT2D eigenvalue weighted by atomic mass is 35.5. The summed E-state index contributed by atoms with van der Waals surface area (Å²) in [6.07, 6.45) is 4.86. The van der Waals surface area contributed by atoms with Crippen LogP contribution >= 0.6 is 11.6 Å². The molecule has 23 heavy (non-hydrogen) atoms. The molecule has 0 bridgehead atoms. The SMILES string of the molecule is NC1CCC(Oc2cc3c(Cl)c[nH]c(=O)c3cc2S(N)=O)CC1. The summed E-state index contributed by atoms with van der Waals surface area (Å²) in [5.41, 5.74) is 5.59. The van der Waals surface area contributed by atoms with E-state index < -0.39 is 11.0 Å². The number of aromatic nitrogens is 1. The van der Waals surface area contributed by atoms with Crippen molar-refractivity contribution in [2.45, 2.75) is 42.7 Å². The molecule has 1 aliphatic carbocycles. The Balaban J connectivity index is 2.04. The van der Waals surface area contributed by atoms with Crippen molar-refractivity contribution < 1.29 is 8.95 Å². The van der Waals surface area contributed by atoms with Crippen LogP contribution in [0.5, 0.6) is 5.75 Å². The molecule has 2 aromatic rings. The Morgan fingerprint density at radius 2 is 1.91 bits per heavy atom. The van der Waals surface area contributed by atoms with E-state index in [2.05, 4.69) is 4.98 Å².